The molecule has 1 aromatic carbocycles. The van der Waals surface area contributed by atoms with Crippen LogP contribution in [0.2, 0.25) is 0 Å². The SMILES string of the molecule is CCC(C(=O)OC)C(N)c1cccc(OC)c1. The minimum absolute atomic E-state index is 0.275. The lowest BCUT2D eigenvalue weighted by atomic mass is 9.91. The molecule has 0 radical (unpaired) electrons. The number of rotatable bonds is 5. The molecule has 17 heavy (non-hydrogen) atoms. The largest absolute Gasteiger partial charge is 0.497 e. The van der Waals surface area contributed by atoms with Crippen LogP contribution in [0.5, 0.6) is 5.75 Å². The zero-order valence-electron chi connectivity index (χ0n) is 10.5. The van der Waals surface area contributed by atoms with E-state index in [2.05, 4.69) is 0 Å². The summed E-state index contributed by atoms with van der Waals surface area (Å²) >= 11 is 0. The Morgan fingerprint density at radius 1 is 1.41 bits per heavy atom. The number of methoxy groups -OCH3 is 2. The van der Waals surface area contributed by atoms with Crippen molar-refractivity contribution in [3.63, 3.8) is 0 Å². The first-order chi connectivity index (χ1) is 8.13. The summed E-state index contributed by atoms with van der Waals surface area (Å²) in [6.45, 7) is 1.92. The molecule has 1 aromatic rings. The fourth-order valence-electron chi connectivity index (χ4n) is 1.80. The van der Waals surface area contributed by atoms with Crippen LogP contribution in [0.25, 0.3) is 0 Å². The Labute approximate surface area is 102 Å². The van der Waals surface area contributed by atoms with E-state index in [9.17, 15) is 4.79 Å². The summed E-state index contributed by atoms with van der Waals surface area (Å²) in [6, 6.07) is 7.06. The van der Waals surface area contributed by atoms with Gasteiger partial charge in [0.25, 0.3) is 0 Å². The summed E-state index contributed by atoms with van der Waals surface area (Å²) in [5, 5.41) is 0. The van der Waals surface area contributed by atoms with Crippen LogP contribution in [0, 0.1) is 5.92 Å². The molecule has 0 amide bonds. The molecule has 0 fully saturated rings. The lowest BCUT2D eigenvalue weighted by molar-refractivity contribution is -0.146. The maximum absolute atomic E-state index is 11.6. The van der Waals surface area contributed by atoms with Crippen molar-refractivity contribution in [3.05, 3.63) is 29.8 Å². The second-order valence-electron chi connectivity index (χ2n) is 3.84. The van der Waals surface area contributed by atoms with E-state index in [0.29, 0.717) is 6.42 Å². The van der Waals surface area contributed by atoms with E-state index in [1.165, 1.54) is 7.11 Å². The molecule has 94 valence electrons. The number of carbonyl (C=O) groups is 1. The third-order valence-electron chi connectivity index (χ3n) is 2.86. The van der Waals surface area contributed by atoms with E-state index >= 15 is 0 Å². The molecular formula is C13H19NO3. The highest BCUT2D eigenvalue weighted by Gasteiger charge is 2.26. The minimum Gasteiger partial charge on any atom is -0.497 e. The number of carbonyl (C=O) groups excluding carboxylic acids is 1. The quantitative estimate of drug-likeness (QED) is 0.794. The van der Waals surface area contributed by atoms with Gasteiger partial charge in [0, 0.05) is 6.04 Å². The molecule has 0 aliphatic heterocycles. The third-order valence-corrected chi connectivity index (χ3v) is 2.86. The topological polar surface area (TPSA) is 61.5 Å². The van der Waals surface area contributed by atoms with Crippen LogP contribution < -0.4 is 10.5 Å². The molecule has 0 heterocycles. The highest BCUT2D eigenvalue weighted by molar-refractivity contribution is 5.73. The van der Waals surface area contributed by atoms with Gasteiger partial charge >= 0.3 is 5.97 Å². The van der Waals surface area contributed by atoms with Crippen molar-refractivity contribution in [3.8, 4) is 5.75 Å². The highest BCUT2D eigenvalue weighted by Crippen LogP contribution is 2.26. The number of hydrogen-bond acceptors (Lipinski definition) is 4. The van der Waals surface area contributed by atoms with Crippen molar-refractivity contribution in [1.29, 1.82) is 0 Å². The molecule has 0 aromatic heterocycles. The van der Waals surface area contributed by atoms with Crippen LogP contribution in [0.3, 0.4) is 0 Å². The van der Waals surface area contributed by atoms with Gasteiger partial charge in [-0.05, 0) is 24.1 Å². The standard InChI is InChI=1S/C13H19NO3/c1-4-11(13(15)17-3)12(14)9-6-5-7-10(8-9)16-2/h5-8,11-12H,4,14H2,1-3H3. The van der Waals surface area contributed by atoms with Crippen molar-refractivity contribution < 1.29 is 14.3 Å². The Balaban J connectivity index is 2.92. The summed E-state index contributed by atoms with van der Waals surface area (Å²) in [7, 11) is 2.98. The number of nitrogens with two attached hydrogens (primary N) is 1. The van der Waals surface area contributed by atoms with Crippen molar-refractivity contribution in [2.75, 3.05) is 14.2 Å². The Hall–Kier alpha value is -1.55. The highest BCUT2D eigenvalue weighted by atomic mass is 16.5. The Kier molecular flexibility index (Phi) is 4.97. The Bertz CT molecular complexity index is 379. The monoisotopic (exact) mass is 237 g/mol. The number of ether oxygens (including phenoxy) is 2. The fourth-order valence-corrected chi connectivity index (χ4v) is 1.80. The molecule has 0 aliphatic carbocycles. The van der Waals surface area contributed by atoms with Gasteiger partial charge in [-0.3, -0.25) is 4.79 Å². The van der Waals surface area contributed by atoms with E-state index < -0.39 is 0 Å². The summed E-state index contributed by atoms with van der Waals surface area (Å²) < 4.78 is 9.89. The predicted molar refractivity (Wildman–Crippen MR) is 65.7 cm³/mol. The smallest absolute Gasteiger partial charge is 0.310 e. The first-order valence-electron chi connectivity index (χ1n) is 5.61. The molecule has 0 aliphatic rings. The molecule has 2 unspecified atom stereocenters. The molecule has 0 spiro atoms. The molecule has 4 heteroatoms. The number of benzene rings is 1. The summed E-state index contributed by atoms with van der Waals surface area (Å²) in [5.41, 5.74) is 6.97. The van der Waals surface area contributed by atoms with Gasteiger partial charge in [0.2, 0.25) is 0 Å². The van der Waals surface area contributed by atoms with Gasteiger partial charge in [-0.15, -0.1) is 0 Å². The van der Waals surface area contributed by atoms with Gasteiger partial charge in [0.15, 0.2) is 0 Å². The van der Waals surface area contributed by atoms with E-state index in [1.54, 1.807) is 7.11 Å². The minimum atomic E-state index is -0.373. The molecule has 0 saturated heterocycles. The Morgan fingerprint density at radius 2 is 2.12 bits per heavy atom. The molecule has 2 atom stereocenters. The van der Waals surface area contributed by atoms with Gasteiger partial charge in [-0.2, -0.15) is 0 Å². The van der Waals surface area contributed by atoms with E-state index in [0.717, 1.165) is 11.3 Å². The first kappa shape index (κ1) is 13.5. The zero-order valence-corrected chi connectivity index (χ0v) is 10.5. The first-order valence-corrected chi connectivity index (χ1v) is 5.61. The van der Waals surface area contributed by atoms with Crippen LogP contribution in [0.1, 0.15) is 24.9 Å². The van der Waals surface area contributed by atoms with Crippen molar-refractivity contribution >= 4 is 5.97 Å². The van der Waals surface area contributed by atoms with E-state index in [4.69, 9.17) is 15.2 Å². The van der Waals surface area contributed by atoms with Gasteiger partial charge in [-0.1, -0.05) is 19.1 Å². The van der Waals surface area contributed by atoms with Gasteiger partial charge in [0.1, 0.15) is 5.75 Å². The summed E-state index contributed by atoms with van der Waals surface area (Å²) in [6.07, 6.45) is 0.644. The fraction of sp³-hybridized carbons (Fsp3) is 0.462. The van der Waals surface area contributed by atoms with E-state index in [1.807, 2.05) is 31.2 Å². The van der Waals surface area contributed by atoms with Crippen LogP contribution in [0.4, 0.5) is 0 Å². The van der Waals surface area contributed by atoms with E-state index in [-0.39, 0.29) is 17.9 Å². The zero-order chi connectivity index (χ0) is 12.8. The Morgan fingerprint density at radius 3 is 2.65 bits per heavy atom. The van der Waals surface area contributed by atoms with Crippen LogP contribution in [0.15, 0.2) is 24.3 Å². The maximum atomic E-state index is 11.6. The second-order valence-corrected chi connectivity index (χ2v) is 3.84. The molecule has 4 nitrogen and oxygen atoms in total. The second kappa shape index (κ2) is 6.25. The third kappa shape index (κ3) is 3.20. The van der Waals surface area contributed by atoms with Crippen LogP contribution in [-0.2, 0) is 9.53 Å². The molecule has 2 N–H and O–H groups in total. The van der Waals surface area contributed by atoms with Crippen LogP contribution >= 0.6 is 0 Å². The maximum Gasteiger partial charge on any atom is 0.310 e. The molecular weight excluding hydrogens is 218 g/mol. The van der Waals surface area contributed by atoms with Crippen molar-refractivity contribution in [1.82, 2.24) is 0 Å². The normalized spacial score (nSPS) is 13.9. The van der Waals surface area contributed by atoms with Crippen LogP contribution in [-0.4, -0.2) is 20.2 Å². The predicted octanol–water partition coefficient (Wildman–Crippen LogP) is 1.89. The molecule has 0 bridgehead atoms. The van der Waals surface area contributed by atoms with Crippen molar-refractivity contribution in [2.45, 2.75) is 19.4 Å². The lowest BCUT2D eigenvalue weighted by Gasteiger charge is -2.21. The van der Waals surface area contributed by atoms with Gasteiger partial charge in [-0.25, -0.2) is 0 Å². The number of hydrogen-bond donors (Lipinski definition) is 1. The summed E-state index contributed by atoms with van der Waals surface area (Å²) in [4.78, 5) is 11.6. The molecule has 1 rings (SSSR count). The van der Waals surface area contributed by atoms with Crippen molar-refractivity contribution in [2.24, 2.45) is 11.7 Å². The van der Waals surface area contributed by atoms with Gasteiger partial charge in [0.05, 0.1) is 20.1 Å². The average molecular weight is 237 g/mol. The lowest BCUT2D eigenvalue weighted by Crippen LogP contribution is -2.28. The van der Waals surface area contributed by atoms with Gasteiger partial charge < -0.3 is 15.2 Å². The number of esters is 1. The molecule has 0 saturated carbocycles. The average Bonchev–Trinajstić information content (AvgIpc) is 2.39. The summed E-state index contributed by atoms with van der Waals surface area (Å²) in [5.74, 6) is 0.132.